The number of aliphatic hydroxyl groups excluding tert-OH is 2. The Labute approximate surface area is 624 Å². The van der Waals surface area contributed by atoms with Crippen molar-refractivity contribution >= 4 is 33.6 Å². The summed E-state index contributed by atoms with van der Waals surface area (Å²) >= 11 is 0. The molecular weight excluding hydrogens is 1340 g/mol. The van der Waals surface area contributed by atoms with Gasteiger partial charge in [0.25, 0.3) is 0 Å². The van der Waals surface area contributed by atoms with Crippen LogP contribution in [0.5, 0.6) is 0 Å². The van der Waals surface area contributed by atoms with Crippen molar-refractivity contribution in [2.24, 2.45) is 0 Å². The van der Waals surface area contributed by atoms with Crippen molar-refractivity contribution in [2.75, 3.05) is 39.6 Å². The Morgan fingerprint density at radius 1 is 0.282 bits per heavy atom. The Kier molecular flexibility index (Phi) is 72.8. The fraction of sp³-hybridized carbons (Fsp3) is 0.635. The fourth-order valence-corrected chi connectivity index (χ4v) is 11.6. The molecule has 0 aromatic carbocycles. The van der Waals surface area contributed by atoms with Gasteiger partial charge in [-0.1, -0.05) is 300 Å². The van der Waals surface area contributed by atoms with E-state index < -0.39 is 91.5 Å². The van der Waals surface area contributed by atoms with E-state index in [0.717, 1.165) is 148 Å². The van der Waals surface area contributed by atoms with Crippen molar-refractivity contribution in [1.29, 1.82) is 0 Å². The summed E-state index contributed by atoms with van der Waals surface area (Å²) in [6.07, 6.45) is 97.0. The van der Waals surface area contributed by atoms with Gasteiger partial charge in [-0.15, -0.1) is 0 Å². The van der Waals surface area contributed by atoms with E-state index in [9.17, 15) is 43.5 Å². The third-order valence-corrected chi connectivity index (χ3v) is 17.8. The summed E-state index contributed by atoms with van der Waals surface area (Å²) in [6, 6.07) is 0. The average Bonchev–Trinajstić information content (AvgIpc) is 0.939. The van der Waals surface area contributed by atoms with E-state index in [1.807, 2.05) is 18.2 Å². The zero-order valence-corrected chi connectivity index (χ0v) is 65.7. The van der Waals surface area contributed by atoms with Gasteiger partial charge in [0.15, 0.2) is 6.10 Å². The van der Waals surface area contributed by atoms with Gasteiger partial charge in [0.1, 0.15) is 25.4 Å². The fourth-order valence-electron chi connectivity index (χ4n) is 9.98. The number of allylic oxidation sites excluding steroid dienone is 28. The van der Waals surface area contributed by atoms with Crippen molar-refractivity contribution in [3.63, 3.8) is 0 Å². The first kappa shape index (κ1) is 97.9. The molecule has 103 heavy (non-hydrogen) atoms. The first-order valence-corrected chi connectivity index (χ1v) is 42.4. The Hall–Kier alpha value is -5.09. The molecule has 0 saturated heterocycles. The molecule has 5 unspecified atom stereocenters. The number of phosphoric ester groups is 2. The topological polar surface area (TPSA) is 231 Å². The van der Waals surface area contributed by atoms with Crippen LogP contribution in [0.4, 0.5) is 0 Å². The van der Waals surface area contributed by atoms with Crippen molar-refractivity contribution in [2.45, 2.75) is 309 Å². The molecule has 0 amide bonds. The van der Waals surface area contributed by atoms with Crippen LogP contribution in [0.2, 0.25) is 0 Å². The number of esters is 3. The molecule has 0 aromatic rings. The Morgan fingerprint density at radius 2 is 0.534 bits per heavy atom. The third kappa shape index (κ3) is 77.8. The quantitative estimate of drug-likeness (QED) is 0.0146. The first-order valence-electron chi connectivity index (χ1n) is 39.4. The highest BCUT2D eigenvalue weighted by Gasteiger charge is 2.29. The van der Waals surface area contributed by atoms with E-state index in [-0.39, 0.29) is 19.3 Å². The molecule has 0 aliphatic carbocycles. The minimum absolute atomic E-state index is 0.0367. The molecule has 18 heteroatoms. The number of phosphoric acid groups is 2. The summed E-state index contributed by atoms with van der Waals surface area (Å²) in [7, 11) is -9.83. The molecule has 0 heterocycles. The van der Waals surface area contributed by atoms with Crippen LogP contribution in [0.15, 0.2) is 170 Å². The number of hydrogen-bond acceptors (Lipinski definition) is 14. The van der Waals surface area contributed by atoms with Gasteiger partial charge in [-0.25, -0.2) is 9.13 Å². The van der Waals surface area contributed by atoms with Crippen molar-refractivity contribution < 1.29 is 75.8 Å². The number of hydrogen-bond donors (Lipinski definition) is 4. The van der Waals surface area contributed by atoms with Gasteiger partial charge in [0.2, 0.25) is 0 Å². The van der Waals surface area contributed by atoms with Crippen LogP contribution in [-0.4, -0.2) is 95.9 Å². The van der Waals surface area contributed by atoms with Gasteiger partial charge in [-0.3, -0.25) is 32.5 Å². The minimum atomic E-state index is -4.96. The summed E-state index contributed by atoms with van der Waals surface area (Å²) in [5.41, 5.74) is 0. The number of aliphatic hydroxyl groups is 2. The molecule has 0 saturated carbocycles. The Bertz CT molecular complexity index is 2550. The van der Waals surface area contributed by atoms with Gasteiger partial charge >= 0.3 is 33.6 Å². The predicted octanol–water partition coefficient (Wildman–Crippen LogP) is 23.2. The summed E-state index contributed by atoms with van der Waals surface area (Å²) < 4.78 is 61.1. The lowest BCUT2D eigenvalue weighted by atomic mass is 10.0. The Balaban J connectivity index is 4.64. The monoisotopic (exact) mass is 1480 g/mol. The number of rotatable bonds is 73. The van der Waals surface area contributed by atoms with E-state index in [0.29, 0.717) is 25.7 Å². The zero-order chi connectivity index (χ0) is 75.2. The maximum atomic E-state index is 13.0. The molecule has 586 valence electrons. The maximum Gasteiger partial charge on any atom is 0.472 e. The lowest BCUT2D eigenvalue weighted by Crippen LogP contribution is -2.30. The van der Waals surface area contributed by atoms with Crippen molar-refractivity contribution in [3.05, 3.63) is 170 Å². The molecular formula is C85H140O16P2. The summed E-state index contributed by atoms with van der Waals surface area (Å²) in [5.74, 6) is -1.70. The second kappa shape index (κ2) is 76.6. The largest absolute Gasteiger partial charge is 0.472 e. The second-order valence-corrected chi connectivity index (χ2v) is 28.7. The van der Waals surface area contributed by atoms with Crippen LogP contribution in [0, 0.1) is 0 Å². The molecule has 5 atom stereocenters. The summed E-state index contributed by atoms with van der Waals surface area (Å²) in [4.78, 5) is 58.6. The highest BCUT2D eigenvalue weighted by Crippen LogP contribution is 2.45. The second-order valence-electron chi connectivity index (χ2n) is 25.7. The van der Waals surface area contributed by atoms with E-state index >= 15 is 0 Å². The number of unbranched alkanes of at least 4 members (excludes halogenated alkanes) is 22. The van der Waals surface area contributed by atoms with Crippen LogP contribution in [-0.2, 0) is 55.8 Å². The van der Waals surface area contributed by atoms with Crippen molar-refractivity contribution in [3.8, 4) is 0 Å². The Morgan fingerprint density at radius 3 is 0.874 bits per heavy atom. The molecule has 4 N–H and O–H groups in total. The molecule has 0 aliphatic rings. The van der Waals surface area contributed by atoms with Gasteiger partial charge in [-0.2, -0.15) is 0 Å². The molecule has 0 rings (SSSR count). The van der Waals surface area contributed by atoms with Gasteiger partial charge in [-0.05, 0) is 141 Å². The predicted molar refractivity (Wildman–Crippen MR) is 426 cm³/mol. The smallest absolute Gasteiger partial charge is 0.463 e. The summed E-state index contributed by atoms with van der Waals surface area (Å²) in [5, 5.41) is 20.6. The van der Waals surface area contributed by atoms with Gasteiger partial charge in [0, 0.05) is 19.3 Å². The number of carbonyl (C=O) groups excluding carboxylic acids is 3. The molecule has 16 nitrogen and oxygen atoms in total. The number of ether oxygens (including phenoxy) is 3. The highest BCUT2D eigenvalue weighted by molar-refractivity contribution is 7.47. The van der Waals surface area contributed by atoms with Crippen LogP contribution in [0.25, 0.3) is 0 Å². The van der Waals surface area contributed by atoms with Gasteiger partial charge < -0.3 is 34.2 Å². The lowest BCUT2D eigenvalue weighted by Gasteiger charge is -2.21. The van der Waals surface area contributed by atoms with Crippen LogP contribution >= 0.6 is 15.6 Å². The van der Waals surface area contributed by atoms with E-state index in [4.69, 9.17) is 32.3 Å². The van der Waals surface area contributed by atoms with Crippen molar-refractivity contribution in [1.82, 2.24) is 0 Å². The molecule has 0 aliphatic heterocycles. The van der Waals surface area contributed by atoms with E-state index in [1.165, 1.54) is 77.0 Å². The summed E-state index contributed by atoms with van der Waals surface area (Å²) in [6.45, 7) is 2.31. The molecule has 0 spiro atoms. The van der Waals surface area contributed by atoms with Gasteiger partial charge in [0.05, 0.1) is 26.4 Å². The molecule has 0 radical (unpaired) electrons. The third-order valence-electron chi connectivity index (χ3n) is 15.9. The molecule has 0 aromatic heterocycles. The van der Waals surface area contributed by atoms with Crippen LogP contribution < -0.4 is 0 Å². The van der Waals surface area contributed by atoms with Crippen LogP contribution in [0.1, 0.15) is 290 Å². The normalized spacial score (nSPS) is 14.9. The van der Waals surface area contributed by atoms with E-state index in [1.54, 1.807) is 0 Å². The molecule has 0 bridgehead atoms. The first-order chi connectivity index (χ1) is 50.2. The minimum Gasteiger partial charge on any atom is -0.463 e. The van der Waals surface area contributed by atoms with E-state index in [2.05, 4.69) is 173 Å². The maximum absolute atomic E-state index is 13.0. The standard InChI is InChI=1S/C85H140O16P2/c1-4-7-10-13-16-19-22-25-28-31-34-35-36-37-38-39-40-41-42-43-46-48-50-53-56-59-62-65-68-71-83(88)95-74-80(86)75-97-102(91,92)98-76-81(87)77-99-103(93,94)100-79-82(101-85(90)73-70-67-64-61-58-55-52-49-45-33-30-27-24-21-18-15-12-9-6-3)78-96-84(89)72-69-66-63-60-57-54-51-47-44-32-29-26-23-20-17-14-11-8-5-2/h7-8,10-11,16-21,25-30,34-35,37-38,44-45,47,49,54,57,63,66,80-82,86-87H,4-6,9,12-15,22-24,31-33,36,39-43,46,48,50-53,55-56,58-62,64-65,67-79H2,1-3H3,(H,91,92)(H,93,94)/b10-7-,11-8-,19-16-,20-17-,21-18-,28-25-,29-26-,30-27-,35-34-,38-37-,47-44-,49-45-,57-54-,66-63-. The number of carbonyl (C=O) groups is 3. The SMILES string of the molecule is CC/C=C\C/C=C\C/C=C\C/C=C\C/C=C\C/C=C\CCC(=O)OCC(COP(=O)(O)OCC(O)COP(=O)(O)OCC(O)COC(=O)CCCCCCCCCCCCCCC/C=C\C/C=C\C/C=C\C/C=C\C/C=C\CC)OC(=O)CCCCCCCC/C=C\C/C=C\C/C=C\CCCCC. The van der Waals surface area contributed by atoms with Crippen LogP contribution in [0.3, 0.4) is 0 Å². The highest BCUT2D eigenvalue weighted by atomic mass is 31.2. The average molecular weight is 1480 g/mol. The zero-order valence-electron chi connectivity index (χ0n) is 63.9. The molecule has 0 fully saturated rings. The lowest BCUT2D eigenvalue weighted by molar-refractivity contribution is -0.161.